The Morgan fingerprint density at radius 3 is 2.47 bits per heavy atom. The van der Waals surface area contributed by atoms with Crippen molar-refractivity contribution < 1.29 is 4.79 Å². The fourth-order valence-electron chi connectivity index (χ4n) is 1.93. The Morgan fingerprint density at radius 2 is 2.00 bits per heavy atom. The van der Waals surface area contributed by atoms with Gasteiger partial charge in [-0.25, -0.2) is 0 Å². The van der Waals surface area contributed by atoms with E-state index in [1.165, 1.54) is 5.56 Å². The molecule has 1 rings (SSSR count). The van der Waals surface area contributed by atoms with Gasteiger partial charge in [-0.15, -0.1) is 0 Å². The minimum atomic E-state index is -0.0746. The van der Waals surface area contributed by atoms with Gasteiger partial charge in [-0.05, 0) is 36.9 Å². The monoisotopic (exact) mass is 234 g/mol. The van der Waals surface area contributed by atoms with Crippen LogP contribution in [0.25, 0.3) is 0 Å². The molecule has 0 saturated heterocycles. The van der Waals surface area contributed by atoms with Crippen molar-refractivity contribution in [3.63, 3.8) is 0 Å². The molecule has 0 saturated carbocycles. The molecule has 0 bridgehead atoms. The van der Waals surface area contributed by atoms with E-state index in [2.05, 4.69) is 36.5 Å². The van der Waals surface area contributed by atoms with E-state index >= 15 is 0 Å². The molecule has 3 heteroatoms. The predicted molar refractivity (Wildman–Crippen MR) is 70.9 cm³/mol. The summed E-state index contributed by atoms with van der Waals surface area (Å²) in [6, 6.07) is 8.28. The number of hydrogen-bond donors (Lipinski definition) is 2. The third-order valence-corrected chi connectivity index (χ3v) is 3.05. The van der Waals surface area contributed by atoms with Gasteiger partial charge in [0.05, 0.1) is 5.92 Å². The van der Waals surface area contributed by atoms with Crippen LogP contribution in [0.15, 0.2) is 24.3 Å². The van der Waals surface area contributed by atoms with E-state index in [-0.39, 0.29) is 11.8 Å². The number of amides is 1. The van der Waals surface area contributed by atoms with E-state index < -0.39 is 0 Å². The molecule has 0 heterocycles. The zero-order valence-corrected chi connectivity index (χ0v) is 10.7. The molecule has 0 aliphatic carbocycles. The smallest absolute Gasteiger partial charge is 0.227 e. The van der Waals surface area contributed by atoms with Crippen molar-refractivity contribution in [3.8, 4) is 0 Å². The molecule has 0 aliphatic rings. The second-order valence-electron chi connectivity index (χ2n) is 4.19. The number of nitrogens with one attached hydrogen (secondary N) is 1. The maximum absolute atomic E-state index is 11.8. The average Bonchev–Trinajstić information content (AvgIpc) is 2.39. The lowest BCUT2D eigenvalue weighted by Gasteiger charge is -2.15. The molecule has 1 aromatic carbocycles. The molecule has 3 nitrogen and oxygen atoms in total. The molecule has 0 fully saturated rings. The molecule has 94 valence electrons. The summed E-state index contributed by atoms with van der Waals surface area (Å²) in [6.45, 7) is 2.75. The first-order chi connectivity index (χ1) is 8.22. The Balaban J connectivity index is 2.83. The van der Waals surface area contributed by atoms with E-state index in [4.69, 9.17) is 5.73 Å². The van der Waals surface area contributed by atoms with Crippen LogP contribution in [0, 0.1) is 0 Å². The molecule has 17 heavy (non-hydrogen) atoms. The quantitative estimate of drug-likeness (QED) is 0.789. The van der Waals surface area contributed by atoms with E-state index in [1.807, 2.05) is 0 Å². The van der Waals surface area contributed by atoms with E-state index in [1.54, 1.807) is 7.05 Å². The molecule has 0 aliphatic heterocycles. The fourth-order valence-corrected chi connectivity index (χ4v) is 1.93. The molecular formula is C14H22N2O. The van der Waals surface area contributed by atoms with Gasteiger partial charge in [0.2, 0.25) is 5.91 Å². The number of likely N-dealkylation sites (N-methyl/N-ethyl adjacent to an activating group) is 1. The fraction of sp³-hybridized carbons (Fsp3) is 0.500. The third-order valence-electron chi connectivity index (χ3n) is 3.05. The van der Waals surface area contributed by atoms with Gasteiger partial charge in [0.1, 0.15) is 0 Å². The lowest BCUT2D eigenvalue weighted by atomic mass is 9.92. The van der Waals surface area contributed by atoms with E-state index in [0.29, 0.717) is 6.54 Å². The summed E-state index contributed by atoms with van der Waals surface area (Å²) in [6.07, 6.45) is 2.70. The van der Waals surface area contributed by atoms with Crippen molar-refractivity contribution in [3.05, 3.63) is 35.4 Å². The first kappa shape index (κ1) is 13.7. The van der Waals surface area contributed by atoms with Crippen LogP contribution < -0.4 is 11.1 Å². The van der Waals surface area contributed by atoms with Crippen LogP contribution in [0.1, 0.15) is 36.8 Å². The summed E-state index contributed by atoms with van der Waals surface area (Å²) < 4.78 is 0. The Hall–Kier alpha value is -1.35. The molecular weight excluding hydrogens is 212 g/mol. The number of carbonyl (C=O) groups excluding carboxylic acids is 1. The molecule has 1 atom stereocenters. The largest absolute Gasteiger partial charge is 0.359 e. The number of carbonyl (C=O) groups is 1. The summed E-state index contributed by atoms with van der Waals surface area (Å²) in [7, 11) is 1.68. The standard InChI is InChI=1S/C14H22N2O/c1-3-11-6-8-12(9-7-11)13(5-4-10-15)14(17)16-2/h6-9,13H,3-5,10,15H2,1-2H3,(H,16,17). The normalized spacial score (nSPS) is 12.2. The van der Waals surface area contributed by atoms with Crippen LogP contribution in [0.2, 0.25) is 0 Å². The van der Waals surface area contributed by atoms with Crippen LogP contribution in [0.3, 0.4) is 0 Å². The van der Waals surface area contributed by atoms with Crippen molar-refractivity contribution in [1.29, 1.82) is 0 Å². The van der Waals surface area contributed by atoms with Crippen molar-refractivity contribution in [1.82, 2.24) is 5.32 Å². The highest BCUT2D eigenvalue weighted by Crippen LogP contribution is 2.22. The van der Waals surface area contributed by atoms with Gasteiger partial charge >= 0.3 is 0 Å². The summed E-state index contributed by atoms with van der Waals surface area (Å²) in [5, 5.41) is 2.72. The average molecular weight is 234 g/mol. The maximum Gasteiger partial charge on any atom is 0.227 e. The number of aryl methyl sites for hydroxylation is 1. The zero-order valence-electron chi connectivity index (χ0n) is 10.7. The Kier molecular flexibility index (Phi) is 5.70. The summed E-state index contributed by atoms with van der Waals surface area (Å²) in [4.78, 5) is 11.8. The second-order valence-corrected chi connectivity index (χ2v) is 4.19. The van der Waals surface area contributed by atoms with Crippen LogP contribution >= 0.6 is 0 Å². The van der Waals surface area contributed by atoms with Gasteiger partial charge in [0, 0.05) is 7.05 Å². The highest BCUT2D eigenvalue weighted by atomic mass is 16.1. The molecule has 0 aromatic heterocycles. The van der Waals surface area contributed by atoms with E-state index in [9.17, 15) is 4.79 Å². The first-order valence-electron chi connectivity index (χ1n) is 6.23. The van der Waals surface area contributed by atoms with Crippen LogP contribution in [0.4, 0.5) is 0 Å². The third kappa shape index (κ3) is 3.86. The minimum Gasteiger partial charge on any atom is -0.359 e. The first-order valence-corrected chi connectivity index (χ1v) is 6.23. The lowest BCUT2D eigenvalue weighted by Crippen LogP contribution is -2.26. The second kappa shape index (κ2) is 7.07. The summed E-state index contributed by atoms with van der Waals surface area (Å²) >= 11 is 0. The highest BCUT2D eigenvalue weighted by Gasteiger charge is 2.18. The summed E-state index contributed by atoms with van der Waals surface area (Å²) in [5.74, 6) is -0.00263. The Labute approximate surface area is 103 Å². The Morgan fingerprint density at radius 1 is 1.35 bits per heavy atom. The topological polar surface area (TPSA) is 55.1 Å². The van der Waals surface area contributed by atoms with Crippen molar-refractivity contribution in [2.75, 3.05) is 13.6 Å². The zero-order chi connectivity index (χ0) is 12.7. The maximum atomic E-state index is 11.8. The van der Waals surface area contributed by atoms with Gasteiger partial charge in [-0.1, -0.05) is 31.2 Å². The number of benzene rings is 1. The van der Waals surface area contributed by atoms with Gasteiger partial charge < -0.3 is 11.1 Å². The van der Waals surface area contributed by atoms with Crippen molar-refractivity contribution in [2.45, 2.75) is 32.1 Å². The summed E-state index contributed by atoms with van der Waals surface area (Å²) in [5.41, 5.74) is 7.88. The SMILES string of the molecule is CCc1ccc(C(CCCN)C(=O)NC)cc1. The number of rotatable bonds is 6. The number of hydrogen-bond acceptors (Lipinski definition) is 2. The van der Waals surface area contributed by atoms with E-state index in [0.717, 1.165) is 24.8 Å². The molecule has 3 N–H and O–H groups in total. The molecule has 1 amide bonds. The Bertz CT molecular complexity index is 346. The molecule has 1 unspecified atom stereocenters. The van der Waals surface area contributed by atoms with Gasteiger partial charge in [0.15, 0.2) is 0 Å². The van der Waals surface area contributed by atoms with Crippen LogP contribution in [0.5, 0.6) is 0 Å². The lowest BCUT2D eigenvalue weighted by molar-refractivity contribution is -0.122. The van der Waals surface area contributed by atoms with Gasteiger partial charge in [-0.3, -0.25) is 4.79 Å². The molecule has 0 radical (unpaired) electrons. The predicted octanol–water partition coefficient (Wildman–Crippen LogP) is 1.82. The minimum absolute atomic E-state index is 0.0719. The van der Waals surface area contributed by atoms with Gasteiger partial charge in [-0.2, -0.15) is 0 Å². The van der Waals surface area contributed by atoms with Crippen LogP contribution in [-0.2, 0) is 11.2 Å². The van der Waals surface area contributed by atoms with Crippen molar-refractivity contribution in [2.24, 2.45) is 5.73 Å². The molecule has 0 spiro atoms. The van der Waals surface area contributed by atoms with Crippen molar-refractivity contribution >= 4 is 5.91 Å². The van der Waals surface area contributed by atoms with Gasteiger partial charge in [0.25, 0.3) is 0 Å². The molecule has 1 aromatic rings. The number of nitrogens with two attached hydrogens (primary N) is 1. The highest BCUT2D eigenvalue weighted by molar-refractivity contribution is 5.83. The van der Waals surface area contributed by atoms with Crippen LogP contribution in [-0.4, -0.2) is 19.5 Å².